The van der Waals surface area contributed by atoms with Gasteiger partial charge in [-0.1, -0.05) is 19.8 Å². The number of carbonyl (C=O) groups excluding carboxylic acids is 1. The Kier molecular flexibility index (Phi) is 6.50. The van der Waals surface area contributed by atoms with Gasteiger partial charge < -0.3 is 0 Å². The maximum Gasteiger partial charge on any atom is 0.135 e. The van der Waals surface area contributed by atoms with Crippen molar-refractivity contribution in [3.8, 4) is 0 Å². The Morgan fingerprint density at radius 2 is 1.90 bits per heavy atom. The van der Waals surface area contributed by atoms with Crippen molar-refractivity contribution in [2.75, 3.05) is 6.61 Å². The molecule has 0 aliphatic heterocycles. The molecule has 0 saturated heterocycles. The standard InChI is InChI=1S/C8H15O2/c1-2-3-4-5-8(10)6-7-9/h2-7H2,1H3. The molecular weight excluding hydrogens is 128 g/mol. The molecule has 0 aromatic carbocycles. The van der Waals surface area contributed by atoms with E-state index in [4.69, 9.17) is 0 Å². The van der Waals surface area contributed by atoms with Gasteiger partial charge >= 0.3 is 0 Å². The summed E-state index contributed by atoms with van der Waals surface area (Å²) in [5, 5.41) is 9.95. The van der Waals surface area contributed by atoms with Crippen LogP contribution in [0.2, 0.25) is 0 Å². The lowest BCUT2D eigenvalue weighted by molar-refractivity contribution is -0.120. The number of ketones is 1. The van der Waals surface area contributed by atoms with Crippen LogP contribution in [0.5, 0.6) is 0 Å². The van der Waals surface area contributed by atoms with E-state index in [1.807, 2.05) is 0 Å². The fraction of sp³-hybridized carbons (Fsp3) is 0.875. The van der Waals surface area contributed by atoms with Gasteiger partial charge in [-0.15, -0.1) is 0 Å². The van der Waals surface area contributed by atoms with E-state index in [2.05, 4.69) is 6.92 Å². The zero-order chi connectivity index (χ0) is 7.82. The number of hydrogen-bond donors (Lipinski definition) is 0. The fourth-order valence-electron chi connectivity index (χ4n) is 0.811. The minimum Gasteiger partial charge on any atom is -0.300 e. The smallest absolute Gasteiger partial charge is 0.135 e. The zero-order valence-electron chi connectivity index (χ0n) is 6.56. The lowest BCUT2D eigenvalue weighted by Crippen LogP contribution is -1.99. The maximum absolute atomic E-state index is 10.7. The second kappa shape index (κ2) is 6.75. The second-order valence-corrected chi connectivity index (χ2v) is 2.45. The molecule has 0 saturated carbocycles. The third-order valence-electron chi connectivity index (χ3n) is 1.44. The third kappa shape index (κ3) is 5.76. The molecule has 0 aliphatic rings. The minimum absolute atomic E-state index is 0.128. The van der Waals surface area contributed by atoms with Gasteiger partial charge in [-0.2, -0.15) is 0 Å². The normalized spacial score (nSPS) is 9.80. The molecule has 0 aromatic rings. The van der Waals surface area contributed by atoms with Crippen LogP contribution >= 0.6 is 0 Å². The third-order valence-corrected chi connectivity index (χ3v) is 1.44. The first-order valence-electron chi connectivity index (χ1n) is 3.91. The first kappa shape index (κ1) is 9.63. The van der Waals surface area contributed by atoms with Crippen molar-refractivity contribution in [2.24, 2.45) is 0 Å². The molecule has 1 radical (unpaired) electrons. The number of hydrogen-bond acceptors (Lipinski definition) is 1. The second-order valence-electron chi connectivity index (χ2n) is 2.45. The zero-order valence-corrected chi connectivity index (χ0v) is 6.56. The van der Waals surface area contributed by atoms with E-state index in [0.29, 0.717) is 6.42 Å². The summed E-state index contributed by atoms with van der Waals surface area (Å²) in [4.78, 5) is 10.7. The predicted octanol–water partition coefficient (Wildman–Crippen LogP) is 1.96. The molecule has 0 unspecified atom stereocenters. The van der Waals surface area contributed by atoms with Gasteiger partial charge in [0.15, 0.2) is 0 Å². The molecule has 0 heterocycles. The first-order valence-corrected chi connectivity index (χ1v) is 3.91. The van der Waals surface area contributed by atoms with Gasteiger partial charge in [0.1, 0.15) is 5.78 Å². The minimum atomic E-state index is -0.245. The molecule has 0 bridgehead atoms. The highest BCUT2D eigenvalue weighted by molar-refractivity contribution is 5.78. The quantitative estimate of drug-likeness (QED) is 0.523. The van der Waals surface area contributed by atoms with Gasteiger partial charge in [0.25, 0.3) is 0 Å². The molecule has 0 fully saturated rings. The van der Waals surface area contributed by atoms with Crippen LogP contribution in [0.4, 0.5) is 0 Å². The van der Waals surface area contributed by atoms with Crippen LogP contribution in [0, 0.1) is 0 Å². The van der Waals surface area contributed by atoms with E-state index < -0.39 is 0 Å². The number of Topliss-reactive ketones (excluding diaryl/α,β-unsaturated/α-hetero) is 1. The molecule has 0 spiro atoms. The molecule has 0 amide bonds. The highest BCUT2D eigenvalue weighted by atomic mass is 16.3. The van der Waals surface area contributed by atoms with E-state index in [1.54, 1.807) is 0 Å². The number of rotatable bonds is 6. The van der Waals surface area contributed by atoms with Crippen LogP contribution in [0.25, 0.3) is 0 Å². The van der Waals surface area contributed by atoms with Crippen LogP contribution in [0.15, 0.2) is 0 Å². The molecule has 59 valence electrons. The van der Waals surface area contributed by atoms with E-state index >= 15 is 0 Å². The van der Waals surface area contributed by atoms with Crippen LogP contribution < -0.4 is 0 Å². The van der Waals surface area contributed by atoms with Crippen LogP contribution in [0.1, 0.15) is 39.0 Å². The number of carbonyl (C=O) groups is 1. The summed E-state index contributed by atoms with van der Waals surface area (Å²) in [6, 6.07) is 0. The van der Waals surface area contributed by atoms with Gasteiger partial charge in [0.2, 0.25) is 0 Å². The number of unbranched alkanes of at least 4 members (excludes halogenated alkanes) is 2. The summed E-state index contributed by atoms with van der Waals surface area (Å²) in [6.07, 6.45) is 4.02. The molecular formula is C8H15O2. The molecule has 0 atom stereocenters. The highest BCUT2D eigenvalue weighted by Gasteiger charge is 1.99. The molecule has 2 heteroatoms. The van der Waals surface area contributed by atoms with Crippen LogP contribution in [-0.2, 0) is 9.90 Å². The molecule has 10 heavy (non-hydrogen) atoms. The van der Waals surface area contributed by atoms with E-state index in [-0.39, 0.29) is 18.8 Å². The van der Waals surface area contributed by atoms with Gasteiger partial charge in [-0.05, 0) is 6.42 Å². The summed E-state index contributed by atoms with van der Waals surface area (Å²) < 4.78 is 0. The summed E-state index contributed by atoms with van der Waals surface area (Å²) in [7, 11) is 0. The van der Waals surface area contributed by atoms with Crippen molar-refractivity contribution in [3.05, 3.63) is 0 Å². The van der Waals surface area contributed by atoms with Gasteiger partial charge in [0, 0.05) is 12.8 Å². The average molecular weight is 143 g/mol. The Morgan fingerprint density at radius 3 is 2.40 bits per heavy atom. The molecule has 0 N–H and O–H groups in total. The molecule has 0 aromatic heterocycles. The van der Waals surface area contributed by atoms with Crippen molar-refractivity contribution in [2.45, 2.75) is 39.0 Å². The Hall–Kier alpha value is -0.370. The van der Waals surface area contributed by atoms with Crippen molar-refractivity contribution >= 4 is 5.78 Å². The van der Waals surface area contributed by atoms with Gasteiger partial charge in [0.05, 0.1) is 6.61 Å². The summed E-state index contributed by atoms with van der Waals surface area (Å²) in [5.41, 5.74) is 0. The maximum atomic E-state index is 10.7. The van der Waals surface area contributed by atoms with E-state index in [0.717, 1.165) is 19.3 Å². The summed E-state index contributed by atoms with van der Waals surface area (Å²) in [5.74, 6) is 0.128. The van der Waals surface area contributed by atoms with Gasteiger partial charge in [-0.3, -0.25) is 4.79 Å². The molecule has 0 rings (SSSR count). The first-order chi connectivity index (χ1) is 4.81. The van der Waals surface area contributed by atoms with Crippen molar-refractivity contribution in [1.82, 2.24) is 0 Å². The van der Waals surface area contributed by atoms with Crippen LogP contribution in [-0.4, -0.2) is 12.4 Å². The average Bonchev–Trinajstić information content (AvgIpc) is 1.89. The monoisotopic (exact) mass is 143 g/mol. The lowest BCUT2D eigenvalue weighted by atomic mass is 10.1. The highest BCUT2D eigenvalue weighted by Crippen LogP contribution is 2.00. The van der Waals surface area contributed by atoms with Crippen LogP contribution in [0.3, 0.4) is 0 Å². The summed E-state index contributed by atoms with van der Waals surface area (Å²) >= 11 is 0. The Morgan fingerprint density at radius 1 is 1.20 bits per heavy atom. The molecule has 0 aliphatic carbocycles. The van der Waals surface area contributed by atoms with Gasteiger partial charge in [-0.25, -0.2) is 5.11 Å². The lowest BCUT2D eigenvalue weighted by Gasteiger charge is -1.95. The van der Waals surface area contributed by atoms with Crippen molar-refractivity contribution in [1.29, 1.82) is 0 Å². The van der Waals surface area contributed by atoms with Crippen molar-refractivity contribution < 1.29 is 9.90 Å². The Balaban J connectivity index is 3.05. The fourth-order valence-corrected chi connectivity index (χ4v) is 0.811. The van der Waals surface area contributed by atoms with E-state index in [1.165, 1.54) is 0 Å². The topological polar surface area (TPSA) is 37.0 Å². The Bertz CT molecular complexity index is 89.3. The molecule has 2 nitrogen and oxygen atoms in total. The Labute approximate surface area is 62.2 Å². The van der Waals surface area contributed by atoms with Crippen molar-refractivity contribution in [3.63, 3.8) is 0 Å². The predicted molar refractivity (Wildman–Crippen MR) is 39.3 cm³/mol. The SMILES string of the molecule is CCCCCC(=O)CC[O]. The summed E-state index contributed by atoms with van der Waals surface area (Å²) in [6.45, 7) is 1.85. The van der Waals surface area contributed by atoms with E-state index in [9.17, 15) is 9.90 Å². The largest absolute Gasteiger partial charge is 0.300 e.